The van der Waals surface area contributed by atoms with E-state index < -0.39 is 17.8 Å². The first-order valence-corrected chi connectivity index (χ1v) is 9.90. The molecule has 0 aromatic carbocycles. The number of nitrogens with zero attached hydrogens (tertiary/aromatic N) is 4. The minimum absolute atomic E-state index is 0.0647. The van der Waals surface area contributed by atoms with Crippen LogP contribution in [0.5, 0.6) is 0 Å². The second-order valence-electron chi connectivity index (χ2n) is 8.41. The van der Waals surface area contributed by atoms with Gasteiger partial charge in [-0.15, -0.1) is 0 Å². The summed E-state index contributed by atoms with van der Waals surface area (Å²) in [5.41, 5.74) is 3.47. The van der Waals surface area contributed by atoms with Gasteiger partial charge in [0.2, 0.25) is 0 Å². The molecule has 0 spiro atoms. The number of anilines is 2. The molecule has 0 radical (unpaired) electrons. The van der Waals surface area contributed by atoms with Crippen molar-refractivity contribution < 1.29 is 8.78 Å². The Labute approximate surface area is 164 Å². The summed E-state index contributed by atoms with van der Waals surface area (Å²) in [4.78, 5) is 8.92. The van der Waals surface area contributed by atoms with Crippen molar-refractivity contribution in [3.05, 3.63) is 28.8 Å². The first-order valence-electron chi connectivity index (χ1n) is 9.90. The monoisotopic (exact) mass is 390 g/mol. The Balaban J connectivity index is 1.40. The Morgan fingerprint density at radius 1 is 1.18 bits per heavy atom. The van der Waals surface area contributed by atoms with Gasteiger partial charge in [0.05, 0.1) is 5.69 Å². The summed E-state index contributed by atoms with van der Waals surface area (Å²) in [6, 6.07) is 2.10. The number of aromatic nitrogens is 4. The summed E-state index contributed by atoms with van der Waals surface area (Å²) in [6.45, 7) is 8.07. The van der Waals surface area contributed by atoms with E-state index in [1.54, 1.807) is 0 Å². The molecule has 2 aliphatic rings. The molecule has 2 saturated carbocycles. The lowest BCUT2D eigenvalue weighted by Gasteiger charge is -2.19. The Morgan fingerprint density at radius 2 is 1.82 bits per heavy atom. The van der Waals surface area contributed by atoms with Gasteiger partial charge < -0.3 is 10.6 Å². The second kappa shape index (κ2) is 6.67. The normalized spacial score (nSPS) is 26.0. The van der Waals surface area contributed by atoms with Crippen LogP contribution in [0.3, 0.4) is 0 Å². The summed E-state index contributed by atoms with van der Waals surface area (Å²) >= 11 is 0. The van der Waals surface area contributed by atoms with Crippen LogP contribution in [-0.2, 0) is 13.5 Å². The van der Waals surface area contributed by atoms with Crippen molar-refractivity contribution in [3.63, 3.8) is 0 Å². The molecule has 2 heterocycles. The zero-order valence-electron chi connectivity index (χ0n) is 17.1. The molecule has 3 unspecified atom stereocenters. The van der Waals surface area contributed by atoms with Crippen molar-refractivity contribution in [2.75, 3.05) is 10.6 Å². The maximum absolute atomic E-state index is 13.4. The van der Waals surface area contributed by atoms with E-state index >= 15 is 0 Å². The molecule has 2 aromatic rings. The van der Waals surface area contributed by atoms with Gasteiger partial charge in [-0.05, 0) is 52.5 Å². The number of aryl methyl sites for hydroxylation is 3. The Morgan fingerprint density at radius 3 is 2.43 bits per heavy atom. The van der Waals surface area contributed by atoms with Crippen molar-refractivity contribution in [1.82, 2.24) is 19.7 Å². The molecule has 0 saturated heterocycles. The number of rotatable bonds is 6. The molecule has 8 heteroatoms. The van der Waals surface area contributed by atoms with Gasteiger partial charge in [-0.3, -0.25) is 4.68 Å². The molecule has 2 N–H and O–H groups in total. The third-order valence-corrected chi connectivity index (χ3v) is 6.20. The summed E-state index contributed by atoms with van der Waals surface area (Å²) in [5, 5.41) is 11.2. The van der Waals surface area contributed by atoms with Gasteiger partial charge in [0.15, 0.2) is 0 Å². The zero-order valence-corrected chi connectivity index (χ0v) is 17.1. The average Bonchev–Trinajstić information content (AvgIpc) is 2.89. The van der Waals surface area contributed by atoms with Gasteiger partial charge in [0.25, 0.3) is 5.92 Å². The number of hydrogen-bond donors (Lipinski definition) is 2. The highest BCUT2D eigenvalue weighted by atomic mass is 19.3. The van der Waals surface area contributed by atoms with E-state index in [2.05, 4.69) is 39.5 Å². The Kier molecular flexibility index (Phi) is 4.55. The highest BCUT2D eigenvalue weighted by Crippen LogP contribution is 2.64. The molecule has 3 atom stereocenters. The highest BCUT2D eigenvalue weighted by Gasteiger charge is 2.71. The first-order chi connectivity index (χ1) is 13.1. The molecule has 4 rings (SSSR count). The lowest BCUT2D eigenvalue weighted by Crippen LogP contribution is -2.23. The van der Waals surface area contributed by atoms with Crippen molar-refractivity contribution >= 4 is 11.6 Å². The van der Waals surface area contributed by atoms with Crippen molar-refractivity contribution in [2.24, 2.45) is 18.9 Å². The smallest absolute Gasteiger partial charge is 0.254 e. The molecule has 6 nitrogen and oxygen atoms in total. The van der Waals surface area contributed by atoms with Crippen LogP contribution < -0.4 is 10.6 Å². The predicted molar refractivity (Wildman–Crippen MR) is 105 cm³/mol. The van der Waals surface area contributed by atoms with Crippen molar-refractivity contribution in [1.29, 1.82) is 0 Å². The van der Waals surface area contributed by atoms with E-state index in [1.807, 2.05) is 31.6 Å². The van der Waals surface area contributed by atoms with Crippen LogP contribution in [0.4, 0.5) is 20.4 Å². The topological polar surface area (TPSA) is 67.7 Å². The third kappa shape index (κ3) is 3.44. The maximum atomic E-state index is 13.4. The standard InChI is InChI=1S/C20H28F2N6/c1-10(6-15-11(2)27-28(5)12(15)3)23-18-9-19(25-13(4)24-18)26-14-7-16-17(8-14)20(16,21)22/h9-10,14,16-17H,6-8H2,1-5H3,(H2,23,24,25,26). The molecule has 0 amide bonds. The lowest BCUT2D eigenvalue weighted by molar-refractivity contribution is 0.0710. The van der Waals surface area contributed by atoms with Crippen LogP contribution in [0.25, 0.3) is 0 Å². The fraction of sp³-hybridized carbons (Fsp3) is 0.650. The van der Waals surface area contributed by atoms with E-state index in [0.717, 1.165) is 17.9 Å². The minimum atomic E-state index is -2.44. The molecular weight excluding hydrogens is 362 g/mol. The third-order valence-electron chi connectivity index (χ3n) is 6.20. The molecular formula is C20H28F2N6. The second-order valence-corrected chi connectivity index (χ2v) is 8.41. The zero-order chi connectivity index (χ0) is 20.2. The van der Waals surface area contributed by atoms with Gasteiger partial charge in [-0.1, -0.05) is 0 Å². The van der Waals surface area contributed by atoms with E-state index in [1.165, 1.54) is 11.3 Å². The van der Waals surface area contributed by atoms with Crippen molar-refractivity contribution in [2.45, 2.75) is 65.0 Å². The fourth-order valence-corrected chi connectivity index (χ4v) is 4.58. The Bertz CT molecular complexity index is 879. The maximum Gasteiger partial charge on any atom is 0.254 e. The number of halogens is 2. The quantitative estimate of drug-likeness (QED) is 0.788. The number of fused-ring (bicyclic) bond motifs is 1. The average molecular weight is 390 g/mol. The predicted octanol–water partition coefficient (Wildman–Crippen LogP) is 3.63. The van der Waals surface area contributed by atoms with Crippen LogP contribution in [0.15, 0.2) is 6.07 Å². The molecule has 2 fully saturated rings. The fourth-order valence-electron chi connectivity index (χ4n) is 4.58. The van der Waals surface area contributed by atoms with Crippen LogP contribution >= 0.6 is 0 Å². The summed E-state index contributed by atoms with van der Waals surface area (Å²) in [5.74, 6) is -1.24. The molecule has 28 heavy (non-hydrogen) atoms. The number of alkyl halides is 2. The van der Waals surface area contributed by atoms with Gasteiger partial charge in [0.1, 0.15) is 17.5 Å². The molecule has 2 aliphatic carbocycles. The van der Waals surface area contributed by atoms with Crippen LogP contribution in [0, 0.1) is 32.6 Å². The lowest BCUT2D eigenvalue weighted by atomic mass is 10.1. The van der Waals surface area contributed by atoms with Crippen LogP contribution in [0.1, 0.15) is 42.5 Å². The minimum Gasteiger partial charge on any atom is -0.367 e. The number of hydrogen-bond acceptors (Lipinski definition) is 5. The van der Waals surface area contributed by atoms with Gasteiger partial charge in [0, 0.05) is 42.7 Å². The van der Waals surface area contributed by atoms with Crippen LogP contribution in [-0.4, -0.2) is 37.8 Å². The first kappa shape index (κ1) is 19.1. The van der Waals surface area contributed by atoms with E-state index in [0.29, 0.717) is 24.5 Å². The summed E-state index contributed by atoms with van der Waals surface area (Å²) < 4.78 is 28.7. The van der Waals surface area contributed by atoms with E-state index in [4.69, 9.17) is 0 Å². The van der Waals surface area contributed by atoms with E-state index in [9.17, 15) is 8.78 Å². The van der Waals surface area contributed by atoms with Crippen LogP contribution in [0.2, 0.25) is 0 Å². The molecule has 0 bridgehead atoms. The number of nitrogens with one attached hydrogen (secondary N) is 2. The molecule has 152 valence electrons. The Hall–Kier alpha value is -2.25. The van der Waals surface area contributed by atoms with Gasteiger partial charge in [-0.25, -0.2) is 18.7 Å². The summed E-state index contributed by atoms with van der Waals surface area (Å²) in [6.07, 6.45) is 1.87. The largest absolute Gasteiger partial charge is 0.367 e. The molecule has 0 aliphatic heterocycles. The summed E-state index contributed by atoms with van der Waals surface area (Å²) in [7, 11) is 1.96. The highest BCUT2D eigenvalue weighted by molar-refractivity contribution is 5.49. The molecule has 2 aromatic heterocycles. The van der Waals surface area contributed by atoms with Gasteiger partial charge >= 0.3 is 0 Å². The van der Waals surface area contributed by atoms with Crippen molar-refractivity contribution in [3.8, 4) is 0 Å². The SMILES string of the molecule is Cc1nc(NC(C)Cc2c(C)nn(C)c2C)cc(NC2CC3C(C2)C3(F)F)n1. The van der Waals surface area contributed by atoms with E-state index in [-0.39, 0.29) is 12.1 Å². The van der Waals surface area contributed by atoms with Gasteiger partial charge in [-0.2, -0.15) is 5.10 Å².